The topological polar surface area (TPSA) is 49.8 Å². The second-order valence-corrected chi connectivity index (χ2v) is 5.89. The third-order valence-electron chi connectivity index (χ3n) is 4.71. The van der Waals surface area contributed by atoms with Crippen LogP contribution in [0.5, 0.6) is 0 Å². The van der Waals surface area contributed by atoms with Gasteiger partial charge in [0.2, 0.25) is 0 Å². The molecule has 0 amide bonds. The first-order chi connectivity index (χ1) is 9.67. The predicted molar refractivity (Wildman–Crippen MR) is 75.8 cm³/mol. The Morgan fingerprint density at radius 1 is 1.35 bits per heavy atom. The van der Waals surface area contributed by atoms with Crippen molar-refractivity contribution in [3.63, 3.8) is 0 Å². The fourth-order valence-corrected chi connectivity index (χ4v) is 3.69. The zero-order chi connectivity index (χ0) is 14.1. The van der Waals surface area contributed by atoms with Crippen LogP contribution in [0.2, 0.25) is 0 Å². The summed E-state index contributed by atoms with van der Waals surface area (Å²) in [7, 11) is 1.80. The Bertz CT molecular complexity index is 488. The van der Waals surface area contributed by atoms with Gasteiger partial charge in [-0.05, 0) is 43.4 Å². The molecule has 2 aliphatic rings. The number of fused-ring (bicyclic) bond motifs is 2. The Morgan fingerprint density at radius 3 is 2.65 bits per heavy atom. The number of hydrogen-bond donors (Lipinski definition) is 1. The van der Waals surface area contributed by atoms with Gasteiger partial charge in [0.1, 0.15) is 0 Å². The minimum atomic E-state index is -0.854. The maximum Gasteiger partial charge on any atom is 0.335 e. The molecule has 0 spiro atoms. The zero-order valence-corrected chi connectivity index (χ0v) is 11.8. The van der Waals surface area contributed by atoms with E-state index in [9.17, 15) is 4.79 Å². The second kappa shape index (κ2) is 5.54. The molecule has 2 aliphatic heterocycles. The van der Waals surface area contributed by atoms with E-state index in [4.69, 9.17) is 9.84 Å². The summed E-state index contributed by atoms with van der Waals surface area (Å²) >= 11 is 0. The number of carbonyl (C=O) groups is 1. The molecule has 20 heavy (non-hydrogen) atoms. The van der Waals surface area contributed by atoms with Crippen LogP contribution in [0.3, 0.4) is 0 Å². The second-order valence-electron chi connectivity index (χ2n) is 5.89. The van der Waals surface area contributed by atoms with Gasteiger partial charge in [0.05, 0.1) is 11.7 Å². The number of aromatic carboxylic acids is 1. The fourth-order valence-electron chi connectivity index (χ4n) is 3.69. The molecule has 3 atom stereocenters. The Labute approximate surface area is 119 Å². The van der Waals surface area contributed by atoms with E-state index >= 15 is 0 Å². The molecule has 4 nitrogen and oxygen atoms in total. The lowest BCUT2D eigenvalue weighted by Crippen LogP contribution is -2.44. The van der Waals surface area contributed by atoms with Crippen LogP contribution in [0.4, 0.5) is 0 Å². The highest BCUT2D eigenvalue weighted by atomic mass is 16.5. The molecule has 0 aliphatic carbocycles. The minimum Gasteiger partial charge on any atom is -0.478 e. The molecule has 2 saturated heterocycles. The summed E-state index contributed by atoms with van der Waals surface area (Å²) in [4.78, 5) is 13.6. The van der Waals surface area contributed by atoms with Crippen molar-refractivity contribution in [2.24, 2.45) is 0 Å². The predicted octanol–water partition coefficient (Wildman–Crippen LogP) is 2.53. The molecule has 0 aromatic heterocycles. The van der Waals surface area contributed by atoms with Gasteiger partial charge in [-0.25, -0.2) is 4.79 Å². The smallest absolute Gasteiger partial charge is 0.335 e. The summed E-state index contributed by atoms with van der Waals surface area (Å²) in [6.45, 7) is 0.854. The molecule has 4 heteroatoms. The molecule has 0 radical (unpaired) electrons. The molecule has 1 aromatic rings. The largest absolute Gasteiger partial charge is 0.478 e. The fraction of sp³-hybridized carbons (Fsp3) is 0.562. The maximum absolute atomic E-state index is 11.0. The van der Waals surface area contributed by atoms with E-state index in [1.54, 1.807) is 19.2 Å². The van der Waals surface area contributed by atoms with Crippen LogP contribution in [0.1, 0.15) is 41.6 Å². The van der Waals surface area contributed by atoms with Crippen LogP contribution < -0.4 is 0 Å². The van der Waals surface area contributed by atoms with E-state index in [2.05, 4.69) is 4.90 Å². The lowest BCUT2D eigenvalue weighted by molar-refractivity contribution is 0.00251. The summed E-state index contributed by atoms with van der Waals surface area (Å²) < 4.78 is 5.52. The molecular weight excluding hydrogens is 254 g/mol. The number of hydrogen-bond acceptors (Lipinski definition) is 3. The average molecular weight is 275 g/mol. The van der Waals surface area contributed by atoms with Crippen LogP contribution in [0.25, 0.3) is 0 Å². The minimum absolute atomic E-state index is 0.377. The third-order valence-corrected chi connectivity index (χ3v) is 4.71. The SMILES string of the molecule is COC1C[C@H]2CC[C@@H](C1)N2Cc1cccc(C(=O)O)c1. The molecule has 1 aromatic carbocycles. The first kappa shape index (κ1) is 13.6. The highest BCUT2D eigenvalue weighted by Gasteiger charge is 2.40. The molecule has 1 N–H and O–H groups in total. The van der Waals surface area contributed by atoms with Gasteiger partial charge >= 0.3 is 5.97 Å². The van der Waals surface area contributed by atoms with Crippen molar-refractivity contribution in [2.75, 3.05) is 7.11 Å². The third kappa shape index (κ3) is 2.58. The van der Waals surface area contributed by atoms with E-state index in [0.29, 0.717) is 23.8 Å². The number of rotatable bonds is 4. The quantitative estimate of drug-likeness (QED) is 0.917. The van der Waals surface area contributed by atoms with Gasteiger partial charge in [-0.2, -0.15) is 0 Å². The summed E-state index contributed by atoms with van der Waals surface area (Å²) in [6, 6.07) is 8.48. The molecule has 2 bridgehead atoms. The normalized spacial score (nSPS) is 29.6. The van der Waals surface area contributed by atoms with Gasteiger partial charge in [-0.3, -0.25) is 4.90 Å². The van der Waals surface area contributed by atoms with Gasteiger partial charge in [0.15, 0.2) is 0 Å². The van der Waals surface area contributed by atoms with Crippen molar-refractivity contribution in [3.05, 3.63) is 35.4 Å². The maximum atomic E-state index is 11.0. The summed E-state index contributed by atoms with van der Waals surface area (Å²) in [6.07, 6.45) is 5.08. The highest BCUT2D eigenvalue weighted by Crippen LogP contribution is 2.37. The lowest BCUT2D eigenvalue weighted by atomic mass is 9.98. The zero-order valence-electron chi connectivity index (χ0n) is 11.8. The molecule has 2 fully saturated rings. The van der Waals surface area contributed by atoms with E-state index in [0.717, 1.165) is 24.9 Å². The van der Waals surface area contributed by atoms with Crippen LogP contribution in [0.15, 0.2) is 24.3 Å². The number of ether oxygens (including phenoxy) is 1. The number of carboxylic acid groups (broad SMARTS) is 1. The van der Waals surface area contributed by atoms with Crippen molar-refractivity contribution >= 4 is 5.97 Å². The van der Waals surface area contributed by atoms with Gasteiger partial charge in [0, 0.05) is 25.7 Å². The Kier molecular flexibility index (Phi) is 3.76. The number of methoxy groups -OCH3 is 1. The van der Waals surface area contributed by atoms with Crippen molar-refractivity contribution < 1.29 is 14.6 Å². The standard InChI is InChI=1S/C16H21NO3/c1-20-15-8-13-5-6-14(9-15)17(13)10-11-3-2-4-12(7-11)16(18)19/h2-4,7,13-15H,5-6,8-10H2,1H3,(H,18,19)/t13-,14+,15?. The van der Waals surface area contributed by atoms with Gasteiger partial charge in [0.25, 0.3) is 0 Å². The molecule has 3 rings (SSSR count). The average Bonchev–Trinajstić information content (AvgIpc) is 2.70. The lowest BCUT2D eigenvalue weighted by Gasteiger charge is -2.38. The van der Waals surface area contributed by atoms with Crippen molar-refractivity contribution in [3.8, 4) is 0 Å². The summed E-state index contributed by atoms with van der Waals surface area (Å²) in [5.41, 5.74) is 1.47. The van der Waals surface area contributed by atoms with Gasteiger partial charge in [-0.1, -0.05) is 12.1 Å². The van der Waals surface area contributed by atoms with Crippen LogP contribution in [0, 0.1) is 0 Å². The molecule has 0 saturated carbocycles. The highest BCUT2D eigenvalue weighted by molar-refractivity contribution is 5.87. The summed E-state index contributed by atoms with van der Waals surface area (Å²) in [5.74, 6) is -0.854. The molecular formula is C16H21NO3. The number of benzene rings is 1. The molecule has 108 valence electrons. The van der Waals surface area contributed by atoms with Crippen molar-refractivity contribution in [1.82, 2.24) is 4.90 Å². The molecule has 2 heterocycles. The monoisotopic (exact) mass is 275 g/mol. The van der Waals surface area contributed by atoms with Crippen LogP contribution in [-0.4, -0.2) is 41.3 Å². The summed E-state index contributed by atoms with van der Waals surface area (Å²) in [5, 5.41) is 9.07. The van der Waals surface area contributed by atoms with Gasteiger partial charge in [-0.15, -0.1) is 0 Å². The van der Waals surface area contributed by atoms with Crippen LogP contribution in [-0.2, 0) is 11.3 Å². The Morgan fingerprint density at radius 2 is 2.05 bits per heavy atom. The van der Waals surface area contributed by atoms with E-state index < -0.39 is 5.97 Å². The van der Waals surface area contributed by atoms with E-state index in [1.165, 1.54) is 12.8 Å². The Balaban J connectivity index is 1.72. The van der Waals surface area contributed by atoms with Crippen LogP contribution >= 0.6 is 0 Å². The van der Waals surface area contributed by atoms with Crippen molar-refractivity contribution in [1.29, 1.82) is 0 Å². The van der Waals surface area contributed by atoms with E-state index in [1.807, 2.05) is 12.1 Å². The number of nitrogens with zero attached hydrogens (tertiary/aromatic N) is 1. The van der Waals surface area contributed by atoms with E-state index in [-0.39, 0.29) is 0 Å². The Hall–Kier alpha value is -1.39. The van der Waals surface area contributed by atoms with Gasteiger partial charge < -0.3 is 9.84 Å². The van der Waals surface area contributed by atoms with Crippen molar-refractivity contribution in [2.45, 2.75) is 50.4 Å². The number of carboxylic acids is 1. The number of piperidine rings is 1. The molecule has 1 unspecified atom stereocenters. The first-order valence-electron chi connectivity index (χ1n) is 7.28. The first-order valence-corrected chi connectivity index (χ1v) is 7.28.